The highest BCUT2D eigenvalue weighted by Crippen LogP contribution is 2.35. The van der Waals surface area contributed by atoms with Gasteiger partial charge in [-0.3, -0.25) is 34.4 Å². The van der Waals surface area contributed by atoms with Crippen molar-refractivity contribution in [1.29, 1.82) is 0 Å². The topological polar surface area (TPSA) is 139 Å². The van der Waals surface area contributed by atoms with Crippen molar-refractivity contribution in [2.45, 2.75) is 45.2 Å². The molecule has 3 aliphatic rings. The van der Waals surface area contributed by atoms with Crippen LogP contribution in [0.4, 0.5) is 0 Å². The van der Waals surface area contributed by atoms with Gasteiger partial charge in [-0.2, -0.15) is 4.98 Å². The van der Waals surface area contributed by atoms with Crippen molar-refractivity contribution in [1.82, 2.24) is 30.2 Å². The van der Waals surface area contributed by atoms with Crippen molar-refractivity contribution in [2.24, 2.45) is 0 Å². The molecule has 11 nitrogen and oxygen atoms in total. The van der Waals surface area contributed by atoms with E-state index in [0.29, 0.717) is 36.7 Å². The molecule has 2 aromatic heterocycles. The van der Waals surface area contributed by atoms with Crippen LogP contribution in [-0.4, -0.2) is 61.1 Å². The molecule has 11 heteroatoms. The number of piperidine rings is 1. The van der Waals surface area contributed by atoms with Crippen LogP contribution in [0.3, 0.4) is 0 Å². The lowest BCUT2D eigenvalue weighted by Gasteiger charge is -2.29. The highest BCUT2D eigenvalue weighted by Gasteiger charge is 2.48. The second-order valence-electron chi connectivity index (χ2n) is 9.58. The fraction of sp³-hybridized carbons (Fsp3) is 0.296. The standard InChI is InChI=1S/C27H24N6O5/c1-15-12-17(9-10-28-15)16-4-2-5-18(13-16)24-30-22(38-31-24)14-32-11-3-6-19-23(32)27(37)33(26(19)36)20-7-8-21(34)29-25(20)35/h2,4-5,9-10,12-13,20H,3,6-8,11,14H2,1H3,(H,29,34,35). The van der Waals surface area contributed by atoms with Gasteiger partial charge in [0.1, 0.15) is 11.7 Å². The molecule has 0 spiro atoms. The van der Waals surface area contributed by atoms with Gasteiger partial charge in [0.15, 0.2) is 0 Å². The summed E-state index contributed by atoms with van der Waals surface area (Å²) in [5, 5.41) is 6.36. The molecule has 1 atom stereocenters. The first-order chi connectivity index (χ1) is 18.4. The first-order valence-electron chi connectivity index (χ1n) is 12.4. The van der Waals surface area contributed by atoms with E-state index in [2.05, 4.69) is 20.4 Å². The lowest BCUT2D eigenvalue weighted by Crippen LogP contribution is -2.55. The normalized spacial score (nSPS) is 19.8. The molecular weight excluding hydrogens is 488 g/mol. The predicted octanol–water partition coefficient (Wildman–Crippen LogP) is 2.13. The zero-order valence-corrected chi connectivity index (χ0v) is 20.6. The Labute approximate surface area is 217 Å². The minimum Gasteiger partial charge on any atom is -0.357 e. The van der Waals surface area contributed by atoms with Gasteiger partial charge in [0.05, 0.1) is 6.54 Å². The number of carbonyl (C=O) groups excluding carboxylic acids is 4. The number of rotatable bonds is 5. The second-order valence-corrected chi connectivity index (χ2v) is 9.58. The van der Waals surface area contributed by atoms with Crippen LogP contribution in [0.2, 0.25) is 0 Å². The van der Waals surface area contributed by atoms with Crippen LogP contribution in [0.15, 0.2) is 58.4 Å². The molecule has 1 N–H and O–H groups in total. The van der Waals surface area contributed by atoms with E-state index in [1.807, 2.05) is 43.3 Å². The molecular formula is C27H24N6O5. The predicted molar refractivity (Wildman–Crippen MR) is 132 cm³/mol. The fourth-order valence-electron chi connectivity index (χ4n) is 5.22. The summed E-state index contributed by atoms with van der Waals surface area (Å²) in [6.07, 6.45) is 3.07. The maximum Gasteiger partial charge on any atom is 0.278 e. The summed E-state index contributed by atoms with van der Waals surface area (Å²) >= 11 is 0. The minimum absolute atomic E-state index is 0.0780. The fourth-order valence-corrected chi connectivity index (χ4v) is 5.22. The Balaban J connectivity index is 1.22. The molecule has 192 valence electrons. The first-order valence-corrected chi connectivity index (χ1v) is 12.4. The second kappa shape index (κ2) is 9.33. The van der Waals surface area contributed by atoms with Crippen molar-refractivity contribution in [2.75, 3.05) is 6.54 Å². The van der Waals surface area contributed by atoms with E-state index in [9.17, 15) is 19.2 Å². The van der Waals surface area contributed by atoms with Crippen molar-refractivity contribution in [3.8, 4) is 22.5 Å². The number of imide groups is 2. The molecule has 3 aromatic rings. The first kappa shape index (κ1) is 23.7. The van der Waals surface area contributed by atoms with Crippen LogP contribution in [0.1, 0.15) is 37.3 Å². The maximum atomic E-state index is 13.4. The highest BCUT2D eigenvalue weighted by atomic mass is 16.5. The molecule has 6 rings (SSSR count). The molecule has 0 radical (unpaired) electrons. The van der Waals surface area contributed by atoms with Gasteiger partial charge >= 0.3 is 0 Å². The van der Waals surface area contributed by atoms with Gasteiger partial charge in [0, 0.05) is 36.0 Å². The van der Waals surface area contributed by atoms with E-state index in [0.717, 1.165) is 27.3 Å². The van der Waals surface area contributed by atoms with E-state index in [4.69, 9.17) is 4.52 Å². The Morgan fingerprint density at radius 1 is 1.03 bits per heavy atom. The summed E-state index contributed by atoms with van der Waals surface area (Å²) in [4.78, 5) is 62.0. The molecule has 5 heterocycles. The molecule has 1 unspecified atom stereocenters. The van der Waals surface area contributed by atoms with E-state index in [1.54, 1.807) is 11.1 Å². The number of nitrogens with zero attached hydrogens (tertiary/aromatic N) is 5. The number of aromatic nitrogens is 3. The highest BCUT2D eigenvalue weighted by molar-refractivity contribution is 6.21. The van der Waals surface area contributed by atoms with Gasteiger partial charge in [-0.1, -0.05) is 23.4 Å². The number of pyridine rings is 1. The zero-order valence-electron chi connectivity index (χ0n) is 20.6. The van der Waals surface area contributed by atoms with Crippen molar-refractivity contribution >= 4 is 23.6 Å². The van der Waals surface area contributed by atoms with Crippen LogP contribution in [0, 0.1) is 6.92 Å². The monoisotopic (exact) mass is 512 g/mol. The van der Waals surface area contributed by atoms with Gasteiger partial charge in [0.25, 0.3) is 11.8 Å². The van der Waals surface area contributed by atoms with Crippen molar-refractivity contribution in [3.05, 3.63) is 65.4 Å². The SMILES string of the molecule is Cc1cc(-c2cccc(-c3noc(CN4CCCC5=C4C(=O)N(C4CCC(=O)NC4=O)C5=O)n3)c2)ccn1. The summed E-state index contributed by atoms with van der Waals surface area (Å²) < 4.78 is 5.52. The Morgan fingerprint density at radius 2 is 1.84 bits per heavy atom. The summed E-state index contributed by atoms with van der Waals surface area (Å²) in [6, 6.07) is 10.7. The third-order valence-corrected chi connectivity index (χ3v) is 7.02. The number of nitrogens with one attached hydrogen (secondary N) is 1. The average molecular weight is 513 g/mol. The Bertz CT molecular complexity index is 1530. The molecule has 1 fully saturated rings. The molecule has 1 aromatic carbocycles. The molecule has 4 amide bonds. The van der Waals surface area contributed by atoms with E-state index < -0.39 is 29.7 Å². The summed E-state index contributed by atoms with van der Waals surface area (Å²) in [5.74, 6) is -1.31. The Hall–Kier alpha value is -4.67. The molecule has 0 aliphatic carbocycles. The average Bonchev–Trinajstić information content (AvgIpc) is 3.47. The third-order valence-electron chi connectivity index (χ3n) is 7.02. The maximum absolute atomic E-state index is 13.4. The Morgan fingerprint density at radius 3 is 2.66 bits per heavy atom. The van der Waals surface area contributed by atoms with Crippen LogP contribution >= 0.6 is 0 Å². The number of hydrogen-bond acceptors (Lipinski definition) is 9. The summed E-state index contributed by atoms with van der Waals surface area (Å²) in [6.45, 7) is 2.61. The summed E-state index contributed by atoms with van der Waals surface area (Å²) in [7, 11) is 0. The van der Waals surface area contributed by atoms with E-state index in [-0.39, 0.29) is 25.1 Å². The lowest BCUT2D eigenvalue weighted by atomic mass is 10.0. The molecule has 3 aliphatic heterocycles. The van der Waals surface area contributed by atoms with Gasteiger partial charge in [-0.05, 0) is 55.5 Å². The van der Waals surface area contributed by atoms with Gasteiger partial charge in [0.2, 0.25) is 23.5 Å². The smallest absolute Gasteiger partial charge is 0.278 e. The molecule has 0 saturated carbocycles. The van der Waals surface area contributed by atoms with Crippen LogP contribution in [0.5, 0.6) is 0 Å². The summed E-state index contributed by atoms with van der Waals surface area (Å²) in [5.41, 5.74) is 4.36. The van der Waals surface area contributed by atoms with E-state index >= 15 is 0 Å². The number of carbonyl (C=O) groups is 4. The van der Waals surface area contributed by atoms with Gasteiger partial charge in [-0.25, -0.2) is 0 Å². The lowest BCUT2D eigenvalue weighted by molar-refractivity contribution is -0.150. The number of aryl methyl sites for hydroxylation is 1. The molecule has 0 bridgehead atoms. The largest absolute Gasteiger partial charge is 0.357 e. The van der Waals surface area contributed by atoms with Gasteiger partial charge < -0.3 is 9.42 Å². The van der Waals surface area contributed by atoms with Crippen LogP contribution in [0.25, 0.3) is 22.5 Å². The molecule has 1 saturated heterocycles. The molecule has 38 heavy (non-hydrogen) atoms. The number of amides is 4. The van der Waals surface area contributed by atoms with Crippen molar-refractivity contribution in [3.63, 3.8) is 0 Å². The van der Waals surface area contributed by atoms with E-state index in [1.165, 1.54) is 0 Å². The number of hydrogen-bond donors (Lipinski definition) is 1. The minimum atomic E-state index is -0.994. The quantitative estimate of drug-likeness (QED) is 0.509. The Kier molecular flexibility index (Phi) is 5.82. The zero-order chi connectivity index (χ0) is 26.4. The van der Waals surface area contributed by atoms with Gasteiger partial charge in [-0.15, -0.1) is 0 Å². The third kappa shape index (κ3) is 4.15. The van der Waals surface area contributed by atoms with Crippen LogP contribution in [-0.2, 0) is 25.7 Å². The number of benzene rings is 1. The van der Waals surface area contributed by atoms with Crippen molar-refractivity contribution < 1.29 is 23.7 Å². The van der Waals surface area contributed by atoms with Crippen LogP contribution < -0.4 is 5.32 Å².